The Hall–Kier alpha value is -16.8. The molecule has 11 aromatic carbocycles. The van der Waals surface area contributed by atoms with E-state index in [0.29, 0.717) is 68.1 Å². The van der Waals surface area contributed by atoms with E-state index in [1.807, 2.05) is 12.1 Å². The number of aromatic nitrogens is 9. The number of carbonyl (C=O) groups excluding carboxylic acids is 2. The number of pyridine rings is 5. The van der Waals surface area contributed by atoms with E-state index in [1.165, 1.54) is 122 Å². The number of non-ortho nitro benzene ring substituents is 2. The number of nitrogen functional groups attached to an aromatic ring is 1. The van der Waals surface area contributed by atoms with Crippen molar-refractivity contribution in [3.05, 3.63) is 456 Å². The van der Waals surface area contributed by atoms with Crippen LogP contribution in [0.25, 0.3) is 44.5 Å². The Bertz CT molecular complexity index is 7930. The Kier molecular flexibility index (Phi) is 38.4. The number of hydrogen-bond donors (Lipinski definition) is 9. The summed E-state index contributed by atoms with van der Waals surface area (Å²) >= 11 is 3.18. The fourth-order valence-electron chi connectivity index (χ4n) is 13.2. The number of halogens is 2. The average Bonchev–Trinajstić information content (AvgIpc) is 0.920. The highest BCUT2D eigenvalue weighted by Crippen LogP contribution is 2.38. The molecule has 0 aliphatic rings. The van der Waals surface area contributed by atoms with E-state index in [1.54, 1.807) is 287 Å². The maximum Gasteiger partial charge on any atom is 0.488 e. The Balaban J connectivity index is 0.000000166. The zero-order valence-electron chi connectivity index (χ0n) is 75.2. The van der Waals surface area contributed by atoms with Gasteiger partial charge in [0.2, 0.25) is 49.2 Å². The second-order valence-corrected chi connectivity index (χ2v) is 40.1. The molecule has 3 amide bonds. The van der Waals surface area contributed by atoms with Crippen LogP contribution in [0, 0.1) is 20.2 Å². The first-order chi connectivity index (χ1) is 68.8. The summed E-state index contributed by atoms with van der Waals surface area (Å²) in [6.45, 7) is 0.886. The van der Waals surface area contributed by atoms with Gasteiger partial charge in [-0.05, 0) is 250 Å². The molecule has 0 unspecified atom stereocenters. The molecule has 0 aliphatic carbocycles. The van der Waals surface area contributed by atoms with Crippen LogP contribution in [-0.2, 0) is 62.3 Å². The molecule has 144 heavy (non-hydrogen) atoms. The Morgan fingerprint density at radius 2 is 0.667 bits per heavy atom. The molecule has 0 aliphatic heterocycles. The van der Waals surface area contributed by atoms with Gasteiger partial charge in [0.05, 0.1) is 71.2 Å². The second-order valence-electron chi connectivity index (χ2n) is 29.7. The fourth-order valence-corrected chi connectivity index (χ4v) is 21.3. The van der Waals surface area contributed by atoms with Gasteiger partial charge in [-0.2, -0.15) is 10.2 Å². The minimum atomic E-state index is -3.80. The summed E-state index contributed by atoms with van der Waals surface area (Å²) < 4.78 is 135. The average molecular weight is 2110 g/mol. The molecule has 0 fully saturated rings. The number of anilines is 3. The van der Waals surface area contributed by atoms with Gasteiger partial charge in [-0.25, -0.2) is 51.7 Å². The van der Waals surface area contributed by atoms with Gasteiger partial charge in [-0.15, -0.1) is 12.4 Å². The summed E-state index contributed by atoms with van der Waals surface area (Å²) in [5, 5.41) is 59.1. The first kappa shape index (κ1) is 108. The molecule has 18 aromatic rings. The van der Waals surface area contributed by atoms with Crippen LogP contribution in [0.15, 0.2) is 474 Å². The van der Waals surface area contributed by atoms with Crippen LogP contribution in [0.4, 0.5) is 38.0 Å². The number of rotatable bonds is 23. The van der Waals surface area contributed by atoms with Crippen molar-refractivity contribution in [2.75, 3.05) is 16.4 Å². The van der Waals surface area contributed by atoms with Gasteiger partial charge in [0.1, 0.15) is 5.75 Å². The number of hydrogen-bond acceptors (Lipinski definition) is 28. The minimum absolute atomic E-state index is 0. The number of nitrogens with two attached hydrogens (primary N) is 2. The van der Waals surface area contributed by atoms with E-state index in [2.05, 4.69) is 77.2 Å². The van der Waals surface area contributed by atoms with Crippen LogP contribution in [-0.4, -0.2) is 127 Å². The highest BCUT2D eigenvalue weighted by atomic mass is 79.9. The molecule has 0 bridgehead atoms. The molecule has 730 valence electrons. The number of urea groups is 1. The number of aromatic amines is 2. The third-order valence-electron chi connectivity index (χ3n) is 20.3. The molecule has 7 aromatic heterocycles. The zero-order valence-corrected chi connectivity index (χ0v) is 81.7. The first-order valence-electron chi connectivity index (χ1n) is 42.4. The number of nitro groups is 2. The molecule has 11 N–H and O–H groups in total. The van der Waals surface area contributed by atoms with Gasteiger partial charge in [0, 0.05) is 167 Å². The largest absolute Gasteiger partial charge is 0.488 e. The number of benzene rings is 11. The highest BCUT2D eigenvalue weighted by Gasteiger charge is 2.28. The number of carbonyl (C=O) groups is 2. The van der Waals surface area contributed by atoms with Crippen molar-refractivity contribution in [3.63, 3.8) is 0 Å². The molecule has 18 rings (SSSR count). The lowest BCUT2D eigenvalue weighted by Gasteiger charge is -2.12. The summed E-state index contributed by atoms with van der Waals surface area (Å²) in [6.07, 6.45) is 22.1. The molecule has 7 heterocycles. The van der Waals surface area contributed by atoms with Crippen molar-refractivity contribution < 1.29 is 76.3 Å². The van der Waals surface area contributed by atoms with Gasteiger partial charge in [-0.1, -0.05) is 103 Å². The lowest BCUT2D eigenvalue weighted by molar-refractivity contribution is -0.385. The smallest absolute Gasteiger partial charge is 0.423 e. The van der Waals surface area contributed by atoms with E-state index in [4.69, 9.17) is 26.3 Å². The number of amides is 3. The van der Waals surface area contributed by atoms with Crippen molar-refractivity contribution in [2.45, 2.75) is 62.0 Å². The third-order valence-corrected chi connectivity index (χ3v) is 30.4. The molecule has 43 heteroatoms. The molecule has 0 saturated heterocycles. The van der Waals surface area contributed by atoms with Crippen molar-refractivity contribution in [1.29, 1.82) is 0 Å². The molecular weight excluding hydrogens is 2030 g/mol. The van der Waals surface area contributed by atoms with Gasteiger partial charge in [0.15, 0.2) is 0 Å². The van der Waals surface area contributed by atoms with E-state index in [0.717, 1.165) is 33.4 Å². The maximum atomic E-state index is 13.3. The topological polar surface area (TPSA) is 551 Å². The van der Waals surface area contributed by atoms with Crippen LogP contribution >= 0.6 is 28.3 Å². The lowest BCUT2D eigenvalue weighted by atomic mass is 9.81. The Morgan fingerprint density at radius 1 is 0.375 bits per heavy atom. The Morgan fingerprint density at radius 3 is 0.972 bits per heavy atom. The van der Waals surface area contributed by atoms with Crippen molar-refractivity contribution in [2.24, 2.45) is 5.73 Å². The van der Waals surface area contributed by atoms with Crippen LogP contribution in [0.5, 0.6) is 5.75 Å². The van der Waals surface area contributed by atoms with E-state index in [9.17, 15) is 71.9 Å². The van der Waals surface area contributed by atoms with Crippen LogP contribution in [0.2, 0.25) is 0 Å². The van der Waals surface area contributed by atoms with Crippen LogP contribution in [0.3, 0.4) is 0 Å². The predicted octanol–water partition coefficient (Wildman–Crippen LogP) is 17.7. The van der Waals surface area contributed by atoms with Crippen molar-refractivity contribution >= 4 is 131 Å². The molecule has 35 nitrogen and oxygen atoms in total. The molecular formula is C101H85BBrClN16O19S5. The first-order valence-corrected chi connectivity index (χ1v) is 50.6. The number of nitrogens with one attached hydrogen (secondary N) is 5. The SMILES string of the molecule is Cl.NCc1cn[nH]c1.Nc1ccc(S(=O)(=O)c2ccccc2-c2ccncc2)cc1.O=C(NCc1cn[nH]c1)Nc1ccc(S(=O)(=O)c2ccccc2-c2ccncc2)cc1.O=C(Nc1ccc(S(=O)(=O)c2ccccc2-c2ccncc2)cc1)Oc1ccccc1.O=[N+]([O-])c1ccc(S(=O)(=O)c2ccccc2-c2ccncc2)cc1.O=[N+]([O-])c1ccc(S(=O)(=O)c2ccccc2Br)cc1.OB(O)c1ccncc1. The molecule has 0 saturated carbocycles. The number of H-pyrrole nitrogens is 2. The van der Waals surface area contributed by atoms with Gasteiger partial charge in [-0.3, -0.25) is 60.7 Å². The van der Waals surface area contributed by atoms with Crippen LogP contribution < -0.4 is 37.6 Å². The quantitative estimate of drug-likeness (QED) is 0.0124. The third kappa shape index (κ3) is 29.2. The molecule has 0 atom stereocenters. The molecule has 0 spiro atoms. The standard InChI is InChI=1S/C24H18N2O4S.C22H19N5O3S.C17H12N2O4S.C17H14N2O2S.C12H8BrNO4S.C5H6BNO2.C4H7N3.ClH/c27-24(30-20-6-2-1-3-7-20)26-19-10-12-21(13-11-19)31(28,29)23-9-5-4-8-22(23)18-14-16-25-17-15-18;28-22(24-13-16-14-25-26-15-16)27-18-5-7-19(8-6-18)31(29,30)21-4-2-1-3-20(21)17-9-11-23-12-10-17;20-19(21)14-5-7-15(8-6-14)24(22,23)17-4-2-1-3-16(17)13-9-11-18-12-10-13;18-14-5-7-15(8-6-14)22(20,21)17-4-2-1-3-16(17)13-9-11-19-12-10-13;13-11-3-1-2-4-12(11)19(17,18)10-7-5-9(6-8-10)14(15)16;8-6(9)5-1-3-7-4-2-5;5-1-4-2-6-7-3-4;/h1-17H,(H,26,27);1-12,14-15H,13H2,(H,25,26)(H2,24,27,28);1-12H;1-12H,18H2;1-8H;1-4,8-9H;2-3H,1,5H2,(H,6,7);1H. The Labute approximate surface area is 841 Å². The van der Waals surface area contributed by atoms with Crippen molar-refractivity contribution in [3.8, 4) is 50.3 Å². The summed E-state index contributed by atoms with van der Waals surface area (Å²) in [5.41, 5.74) is 19.8. The van der Waals surface area contributed by atoms with E-state index >= 15 is 0 Å². The monoisotopic (exact) mass is 2110 g/mol. The number of para-hydroxylation sites is 1. The van der Waals surface area contributed by atoms with E-state index in [-0.39, 0.29) is 72.7 Å². The number of ether oxygens (including phenoxy) is 1. The van der Waals surface area contributed by atoms with Crippen LogP contribution in [0.1, 0.15) is 11.1 Å². The summed E-state index contributed by atoms with van der Waals surface area (Å²) in [4.78, 5) is 65.2. The number of nitrogens with zero attached hydrogens (tertiary/aromatic N) is 9. The minimum Gasteiger partial charge on any atom is -0.423 e. The summed E-state index contributed by atoms with van der Waals surface area (Å²) in [6, 6.07) is 87.0. The zero-order chi connectivity index (χ0) is 102. The van der Waals surface area contributed by atoms with E-state index < -0.39 is 78.3 Å². The highest BCUT2D eigenvalue weighted by molar-refractivity contribution is 9.10. The van der Waals surface area contributed by atoms with Gasteiger partial charge in [0.25, 0.3) is 11.4 Å². The molecule has 0 radical (unpaired) electrons. The second kappa shape index (κ2) is 51.4. The number of sulfone groups is 5. The lowest BCUT2D eigenvalue weighted by Crippen LogP contribution is -2.29. The predicted molar refractivity (Wildman–Crippen MR) is 548 cm³/mol. The number of nitro benzene ring substituents is 2. The maximum absolute atomic E-state index is 13.3. The van der Waals surface area contributed by atoms with Gasteiger partial charge >= 0.3 is 19.2 Å². The van der Waals surface area contributed by atoms with Crippen molar-refractivity contribution in [1.82, 2.24) is 50.6 Å². The summed E-state index contributed by atoms with van der Waals surface area (Å²) in [5.74, 6) is 0.409. The summed E-state index contributed by atoms with van der Waals surface area (Å²) in [7, 11) is -20.0. The normalized spacial score (nSPS) is 10.8. The van der Waals surface area contributed by atoms with Gasteiger partial charge < -0.3 is 36.9 Å². The fraction of sp³-hybridized carbons (Fsp3) is 0.0198.